The van der Waals surface area contributed by atoms with Gasteiger partial charge in [0.2, 0.25) is 0 Å². The van der Waals surface area contributed by atoms with Crippen LogP contribution in [0.5, 0.6) is 5.75 Å². The molecule has 0 fully saturated rings. The van der Waals surface area contributed by atoms with Crippen LogP contribution in [-0.4, -0.2) is 91.3 Å². The van der Waals surface area contributed by atoms with Gasteiger partial charge in [-0.2, -0.15) is 0 Å². The van der Waals surface area contributed by atoms with Crippen LogP contribution in [0.3, 0.4) is 0 Å². The minimum absolute atomic E-state index is 0.0116. The lowest BCUT2D eigenvalue weighted by Gasteiger charge is -2.16. The molecule has 8 aromatic heterocycles. The van der Waals surface area contributed by atoms with E-state index in [-0.39, 0.29) is 23.1 Å². The van der Waals surface area contributed by atoms with Crippen LogP contribution in [0.15, 0.2) is 195 Å². The first-order valence-electron chi connectivity index (χ1n) is 32.7. The molecule has 524 valence electrons. The lowest BCUT2D eigenvalue weighted by Crippen LogP contribution is -2.06. The molecule has 0 bridgehead atoms. The Labute approximate surface area is 591 Å². The number of aromatic carboxylic acids is 3. The third kappa shape index (κ3) is 18.1. The average molecular weight is 1390 g/mol. The molecule has 25 heteroatoms. The maximum Gasteiger partial charge on any atom is 0.335 e. The number of benzene rings is 5. The van der Waals surface area contributed by atoms with Crippen molar-refractivity contribution < 1.29 is 62.0 Å². The van der Waals surface area contributed by atoms with Crippen molar-refractivity contribution in [1.82, 2.24) is 39.9 Å². The maximum atomic E-state index is 11.2. The Bertz CT molecular complexity index is 5100. The van der Waals surface area contributed by atoms with Gasteiger partial charge in [-0.05, 0) is 173 Å². The Hall–Kier alpha value is -13.3. The van der Waals surface area contributed by atoms with Crippen molar-refractivity contribution in [3.8, 4) is 51.3 Å². The van der Waals surface area contributed by atoms with Gasteiger partial charge in [0.25, 0.3) is 0 Å². The van der Waals surface area contributed by atoms with Crippen LogP contribution < -0.4 is 26.0 Å². The highest BCUT2D eigenvalue weighted by Crippen LogP contribution is 2.34. The quantitative estimate of drug-likeness (QED) is 0.0312. The number of fused-ring (bicyclic) bond motifs is 1. The third-order valence-electron chi connectivity index (χ3n) is 16.4. The Morgan fingerprint density at radius 2 is 0.709 bits per heavy atom. The number of methoxy groups -OCH3 is 1. The first kappa shape index (κ1) is 72.4. The molecule has 103 heavy (non-hydrogen) atoms. The number of carboxylic acids is 4. The fraction of sp³-hybridized carbons (Fsp3) is 0.179. The molecule has 0 saturated carbocycles. The second kappa shape index (κ2) is 33.5. The van der Waals surface area contributed by atoms with Gasteiger partial charge in [0.15, 0.2) is 23.3 Å². The number of aliphatic carboxylic acids is 1. The minimum Gasteiger partial charge on any atom is -0.495 e. The van der Waals surface area contributed by atoms with Crippen LogP contribution in [0.4, 0.5) is 46.0 Å². The van der Waals surface area contributed by atoms with Gasteiger partial charge < -0.3 is 64.1 Å². The van der Waals surface area contributed by atoms with Gasteiger partial charge in [-0.1, -0.05) is 52.0 Å². The van der Waals surface area contributed by atoms with Crippen molar-refractivity contribution in [2.24, 2.45) is 0 Å². The van der Waals surface area contributed by atoms with Gasteiger partial charge in [0, 0.05) is 62.1 Å². The zero-order valence-corrected chi connectivity index (χ0v) is 57.8. The highest BCUT2D eigenvalue weighted by Gasteiger charge is 2.20. The van der Waals surface area contributed by atoms with E-state index < -0.39 is 23.9 Å². The molecular weight excluding hydrogens is 1310 g/mol. The SMILES string of the molecule is CCc1c(C)nc(-c2ccoc2)nc1Nc1ccc(C(=O)O)cc1.CCc1c(C)nc(-c2ccoc2)nc1Nc1ccc(C(=O)O)cc1OC.CCc1c(C)nc(-c2ccoc2)nc1Nc1ccc(CC(=O)O)cc1.CCc1c(C)nc(-c2ccoc2)nc1Nc1ccc2cc(C(=O)O)ccc2c1. The second-order valence-corrected chi connectivity index (χ2v) is 23.3. The summed E-state index contributed by atoms with van der Waals surface area (Å²) in [6.45, 7) is 16.0. The number of furan rings is 4. The number of nitrogens with zero attached hydrogens (tertiary/aromatic N) is 8. The van der Waals surface area contributed by atoms with Gasteiger partial charge in [0.05, 0.1) is 83.2 Å². The summed E-state index contributed by atoms with van der Waals surface area (Å²) in [6.07, 6.45) is 15.9. The molecule has 5 aromatic carbocycles. The molecule has 8 N–H and O–H groups in total. The van der Waals surface area contributed by atoms with Crippen molar-refractivity contribution in [3.63, 3.8) is 0 Å². The molecule has 0 atom stereocenters. The van der Waals surface area contributed by atoms with E-state index in [0.29, 0.717) is 46.4 Å². The maximum absolute atomic E-state index is 11.2. The number of carboxylic acid groups (broad SMARTS) is 4. The largest absolute Gasteiger partial charge is 0.495 e. The molecule has 0 saturated heterocycles. The zero-order chi connectivity index (χ0) is 73.3. The molecule has 0 amide bonds. The summed E-state index contributed by atoms with van der Waals surface area (Å²) in [5.74, 6) is 1.91. The molecule has 0 aliphatic rings. The molecule has 0 aliphatic heterocycles. The standard InChI is InChI=1S/C22H19N3O3.C19H19N3O4.C19H19N3O3.C18H17N3O3/c1-3-19-13(2)23-20(17-8-9-28-12-17)25-21(19)24-18-7-6-14-10-16(22(26)27)5-4-15(14)11-18;1-4-14-11(2)20-17(13-7-8-26-10-13)22-18(14)21-15-6-5-12(19(23)24)9-16(15)25-3;1-3-16-12(2)20-18(14-8-9-25-11-14)22-19(16)21-15-6-4-13(5-7-15)10-17(23)24;1-3-15-11(2)19-16(13-8-9-24-10-13)21-17(15)20-14-6-4-12(5-7-14)18(22)23/h4-12H,3H2,1-2H3,(H,26,27)(H,23,24,25);5-10H,4H2,1-3H3,(H,23,24)(H,20,21,22);4-9,11H,3,10H2,1-2H3,(H,23,24)(H,20,21,22);4-10H,3H2,1-2H3,(H,22,23)(H,19,20,21). The van der Waals surface area contributed by atoms with E-state index >= 15 is 0 Å². The van der Waals surface area contributed by atoms with Gasteiger partial charge in [-0.3, -0.25) is 4.79 Å². The van der Waals surface area contributed by atoms with E-state index in [1.54, 1.807) is 111 Å². The van der Waals surface area contributed by atoms with Crippen molar-refractivity contribution >= 4 is 80.7 Å². The normalized spacial score (nSPS) is 10.7. The number of rotatable bonds is 22. The first-order chi connectivity index (χ1) is 49.7. The number of aromatic nitrogens is 8. The molecule has 13 rings (SSSR count). The van der Waals surface area contributed by atoms with Gasteiger partial charge in [-0.15, -0.1) is 0 Å². The number of hydrogen-bond acceptors (Lipinski definition) is 21. The number of hydrogen-bond donors (Lipinski definition) is 8. The van der Waals surface area contributed by atoms with E-state index in [1.807, 2.05) is 96.1 Å². The summed E-state index contributed by atoms with van der Waals surface area (Å²) < 4.78 is 25.8. The van der Waals surface area contributed by atoms with Crippen molar-refractivity contribution in [2.75, 3.05) is 28.4 Å². The van der Waals surface area contributed by atoms with Crippen molar-refractivity contribution in [2.45, 2.75) is 87.5 Å². The minimum atomic E-state index is -1.01. The Morgan fingerprint density at radius 1 is 0.379 bits per heavy atom. The first-order valence-corrected chi connectivity index (χ1v) is 32.7. The van der Waals surface area contributed by atoms with E-state index in [0.717, 1.165) is 138 Å². The third-order valence-corrected chi connectivity index (χ3v) is 16.4. The Balaban J connectivity index is 0.000000148. The van der Waals surface area contributed by atoms with Gasteiger partial charge in [0.1, 0.15) is 54.1 Å². The van der Waals surface area contributed by atoms with Gasteiger partial charge in [-0.25, -0.2) is 54.3 Å². The van der Waals surface area contributed by atoms with Crippen LogP contribution in [0.1, 0.15) is 109 Å². The summed E-state index contributed by atoms with van der Waals surface area (Å²) in [4.78, 5) is 80.8. The number of nitrogens with one attached hydrogen (secondary N) is 4. The summed E-state index contributed by atoms with van der Waals surface area (Å²) in [5.41, 5.74) is 15.5. The zero-order valence-electron chi connectivity index (χ0n) is 57.8. The number of ether oxygens (including phenoxy) is 1. The number of anilines is 8. The van der Waals surface area contributed by atoms with E-state index in [9.17, 15) is 19.2 Å². The molecule has 13 aromatic rings. The molecular formula is C78H74N12O13. The van der Waals surface area contributed by atoms with Crippen LogP contribution in [0.2, 0.25) is 0 Å². The van der Waals surface area contributed by atoms with Crippen LogP contribution in [-0.2, 0) is 36.9 Å². The Morgan fingerprint density at radius 3 is 1.07 bits per heavy atom. The fourth-order valence-corrected chi connectivity index (χ4v) is 11.1. The Kier molecular flexibility index (Phi) is 23.5. The molecule has 8 heterocycles. The van der Waals surface area contributed by atoms with Crippen LogP contribution in [0, 0.1) is 27.7 Å². The van der Waals surface area contributed by atoms with E-state index in [1.165, 1.54) is 19.2 Å². The summed E-state index contributed by atoms with van der Waals surface area (Å²) >= 11 is 0. The van der Waals surface area contributed by atoms with Crippen LogP contribution >= 0.6 is 0 Å². The number of aryl methyl sites for hydroxylation is 4. The molecule has 0 radical (unpaired) electrons. The van der Waals surface area contributed by atoms with Crippen molar-refractivity contribution in [1.29, 1.82) is 0 Å². The molecule has 0 unspecified atom stereocenters. The second-order valence-electron chi connectivity index (χ2n) is 23.3. The van der Waals surface area contributed by atoms with Crippen molar-refractivity contribution in [3.05, 3.63) is 245 Å². The van der Waals surface area contributed by atoms with E-state index in [2.05, 4.69) is 70.0 Å². The monoisotopic (exact) mass is 1390 g/mol. The van der Waals surface area contributed by atoms with Gasteiger partial charge >= 0.3 is 23.9 Å². The summed E-state index contributed by atoms with van der Waals surface area (Å²) in [6, 6.07) is 36.7. The van der Waals surface area contributed by atoms with Crippen LogP contribution in [0.25, 0.3) is 56.3 Å². The summed E-state index contributed by atoms with van der Waals surface area (Å²) in [7, 11) is 1.50. The lowest BCUT2D eigenvalue weighted by atomic mass is 10.1. The predicted octanol–water partition coefficient (Wildman–Crippen LogP) is 17.3. The molecule has 25 nitrogen and oxygen atoms in total. The predicted molar refractivity (Wildman–Crippen MR) is 391 cm³/mol. The van der Waals surface area contributed by atoms with E-state index in [4.69, 9.17) is 47.8 Å². The smallest absolute Gasteiger partial charge is 0.335 e. The highest BCUT2D eigenvalue weighted by molar-refractivity contribution is 5.96. The number of carbonyl (C=O) groups is 4. The summed E-state index contributed by atoms with van der Waals surface area (Å²) in [5, 5.41) is 51.2. The highest BCUT2D eigenvalue weighted by atomic mass is 16.5. The average Bonchev–Trinajstić information content (AvgIpc) is 1.61. The lowest BCUT2D eigenvalue weighted by molar-refractivity contribution is -0.136. The fourth-order valence-electron chi connectivity index (χ4n) is 11.1. The molecule has 0 aliphatic carbocycles. The molecule has 0 spiro atoms. The topological polar surface area (TPSA) is 362 Å².